The molecule has 35 heavy (non-hydrogen) atoms. The van der Waals surface area contributed by atoms with E-state index in [1.807, 2.05) is 0 Å². The van der Waals surface area contributed by atoms with Crippen LogP contribution in [0.5, 0.6) is 0 Å². The highest BCUT2D eigenvalue weighted by molar-refractivity contribution is 8.11. The second-order valence-corrected chi connectivity index (χ2v) is 12.8. The van der Waals surface area contributed by atoms with Crippen LogP contribution >= 0.6 is 11.3 Å². The van der Waals surface area contributed by atoms with Crippen molar-refractivity contribution in [2.24, 2.45) is 4.99 Å². The van der Waals surface area contributed by atoms with Crippen LogP contribution in [-0.2, 0) is 26.5 Å². The molecule has 1 aliphatic heterocycles. The standard InChI is InChI=1S/C25H19FN2O4S3/c26-20-11-8-18-14-15-27-25(23(18)17-20)19-9-12-21(13-10-19)28(35(31,32)24-7-4-16-33-24)34(29,30)22-5-2-1-3-6-22/h1-13,16-17H,14-15H2. The van der Waals surface area contributed by atoms with Crippen molar-refractivity contribution in [2.75, 3.05) is 10.3 Å². The van der Waals surface area contributed by atoms with Crippen molar-refractivity contribution in [3.63, 3.8) is 0 Å². The first-order valence-corrected chi connectivity index (χ1v) is 14.4. The summed E-state index contributed by atoms with van der Waals surface area (Å²) in [4.78, 5) is 4.40. The Hall–Kier alpha value is -3.34. The summed E-state index contributed by atoms with van der Waals surface area (Å²) in [7, 11) is -8.88. The minimum atomic E-state index is -4.46. The molecule has 3 aromatic carbocycles. The lowest BCUT2D eigenvalue weighted by molar-refractivity contribution is 0.585. The average molecular weight is 527 g/mol. The molecule has 1 aromatic heterocycles. The smallest absolute Gasteiger partial charge is 0.284 e. The van der Waals surface area contributed by atoms with Gasteiger partial charge in [0.15, 0.2) is 0 Å². The maximum absolute atomic E-state index is 13.9. The largest absolute Gasteiger partial charge is 0.287 e. The van der Waals surface area contributed by atoms with Crippen LogP contribution < -0.4 is 3.71 Å². The fourth-order valence-electron chi connectivity index (χ4n) is 3.94. The lowest BCUT2D eigenvalue weighted by Crippen LogP contribution is -2.36. The number of nitrogens with zero attached hydrogens (tertiary/aromatic N) is 2. The molecule has 0 unspecified atom stereocenters. The Kier molecular flexibility index (Phi) is 6.04. The number of rotatable bonds is 6. The van der Waals surface area contributed by atoms with Gasteiger partial charge in [0.2, 0.25) is 0 Å². The summed E-state index contributed by atoms with van der Waals surface area (Å²) in [5, 5.41) is 1.57. The van der Waals surface area contributed by atoms with Crippen molar-refractivity contribution in [1.29, 1.82) is 0 Å². The number of hydrogen-bond donors (Lipinski definition) is 0. The first-order valence-electron chi connectivity index (χ1n) is 10.6. The third-order valence-corrected chi connectivity index (χ3v) is 11.1. The third-order valence-electron chi connectivity index (χ3n) is 5.56. The quantitative estimate of drug-likeness (QED) is 0.359. The van der Waals surface area contributed by atoms with Crippen molar-refractivity contribution in [2.45, 2.75) is 15.5 Å². The lowest BCUT2D eigenvalue weighted by atomic mass is 9.93. The monoisotopic (exact) mass is 526 g/mol. The highest BCUT2D eigenvalue weighted by Crippen LogP contribution is 2.33. The molecule has 6 nitrogen and oxygen atoms in total. The van der Waals surface area contributed by atoms with Gasteiger partial charge in [0.1, 0.15) is 10.0 Å². The topological polar surface area (TPSA) is 83.9 Å². The van der Waals surface area contributed by atoms with Gasteiger partial charge in [-0.25, -0.2) is 12.8 Å². The summed E-state index contributed by atoms with van der Waals surface area (Å²) in [6.45, 7) is 0.539. The molecule has 0 spiro atoms. The third kappa shape index (κ3) is 4.29. The van der Waals surface area contributed by atoms with E-state index in [4.69, 9.17) is 0 Å². The predicted molar refractivity (Wildman–Crippen MR) is 135 cm³/mol. The molecule has 0 aliphatic carbocycles. The molecule has 0 radical (unpaired) electrons. The molecule has 10 heteroatoms. The number of hydrogen-bond acceptors (Lipinski definition) is 6. The Morgan fingerprint density at radius 3 is 2.26 bits per heavy atom. The fourth-order valence-corrected chi connectivity index (χ4v) is 8.84. The van der Waals surface area contributed by atoms with E-state index in [0.29, 0.717) is 33.5 Å². The van der Waals surface area contributed by atoms with E-state index < -0.39 is 20.0 Å². The Labute approximate surface area is 207 Å². The summed E-state index contributed by atoms with van der Waals surface area (Å²) in [6, 6.07) is 21.0. The Balaban J connectivity index is 1.61. The molecule has 2 heterocycles. The van der Waals surface area contributed by atoms with Crippen LogP contribution in [0.4, 0.5) is 10.1 Å². The summed E-state index contributed by atoms with van der Waals surface area (Å²) in [5.74, 6) is -0.378. The molecule has 0 bridgehead atoms. The maximum Gasteiger partial charge on any atom is 0.287 e. The van der Waals surface area contributed by atoms with E-state index in [1.54, 1.807) is 35.7 Å². The summed E-state index contributed by atoms with van der Waals surface area (Å²) in [5.41, 5.74) is 2.81. The van der Waals surface area contributed by atoms with Gasteiger partial charge in [-0.15, -0.1) is 11.3 Å². The molecule has 0 N–H and O–H groups in total. The number of thiophene rings is 1. The van der Waals surface area contributed by atoms with Gasteiger partial charge in [-0.05, 0) is 59.8 Å². The van der Waals surface area contributed by atoms with E-state index in [-0.39, 0.29) is 20.6 Å². The van der Waals surface area contributed by atoms with Crippen LogP contribution in [0.2, 0.25) is 0 Å². The highest BCUT2D eigenvalue weighted by Gasteiger charge is 2.37. The number of fused-ring (bicyclic) bond motifs is 1. The molecule has 0 fully saturated rings. The number of aliphatic imine (C=N–C) groups is 1. The van der Waals surface area contributed by atoms with Gasteiger partial charge in [0, 0.05) is 17.7 Å². The number of anilines is 1. The maximum atomic E-state index is 13.9. The minimum absolute atomic E-state index is 0.0399. The van der Waals surface area contributed by atoms with Crippen molar-refractivity contribution in [1.82, 2.24) is 0 Å². The number of benzene rings is 3. The van der Waals surface area contributed by atoms with E-state index in [9.17, 15) is 21.2 Å². The van der Waals surface area contributed by atoms with Gasteiger partial charge >= 0.3 is 0 Å². The zero-order valence-corrected chi connectivity index (χ0v) is 20.7. The zero-order chi connectivity index (χ0) is 24.6. The molecule has 5 rings (SSSR count). The Bertz CT molecular complexity index is 1620. The summed E-state index contributed by atoms with van der Waals surface area (Å²) >= 11 is 0.935. The molecule has 1 aliphatic rings. The molecule has 4 aromatic rings. The van der Waals surface area contributed by atoms with E-state index in [0.717, 1.165) is 16.9 Å². The normalized spacial score (nSPS) is 13.7. The van der Waals surface area contributed by atoms with Crippen LogP contribution in [0, 0.1) is 5.82 Å². The highest BCUT2D eigenvalue weighted by atomic mass is 32.3. The molecule has 0 saturated heterocycles. The van der Waals surface area contributed by atoms with Gasteiger partial charge in [0.05, 0.1) is 16.3 Å². The van der Waals surface area contributed by atoms with Crippen LogP contribution in [0.3, 0.4) is 0 Å². The average Bonchev–Trinajstić information content (AvgIpc) is 3.41. The van der Waals surface area contributed by atoms with E-state index in [1.165, 1.54) is 54.6 Å². The van der Waals surface area contributed by atoms with Gasteiger partial charge in [-0.3, -0.25) is 4.99 Å². The summed E-state index contributed by atoms with van der Waals surface area (Å²) in [6.07, 6.45) is 0.694. The Morgan fingerprint density at radius 2 is 1.57 bits per heavy atom. The Morgan fingerprint density at radius 1 is 0.829 bits per heavy atom. The zero-order valence-electron chi connectivity index (χ0n) is 18.2. The summed E-state index contributed by atoms with van der Waals surface area (Å²) < 4.78 is 68.4. The van der Waals surface area contributed by atoms with Crippen LogP contribution in [0.15, 0.2) is 104 Å². The molecule has 0 atom stereocenters. The minimum Gasteiger partial charge on any atom is -0.284 e. The SMILES string of the molecule is O=S(=O)(c1ccccc1)N(c1ccc(C2=NCCc3ccc(F)cc32)cc1)S(=O)(=O)c1cccs1. The van der Waals surface area contributed by atoms with Crippen LogP contribution in [0.1, 0.15) is 16.7 Å². The van der Waals surface area contributed by atoms with Gasteiger partial charge in [-0.1, -0.05) is 42.5 Å². The fraction of sp³-hybridized carbons (Fsp3) is 0.0800. The molecule has 0 saturated carbocycles. The van der Waals surface area contributed by atoms with Crippen LogP contribution in [0.25, 0.3) is 0 Å². The predicted octanol–water partition coefficient (Wildman–Crippen LogP) is 4.86. The van der Waals surface area contributed by atoms with Crippen molar-refractivity contribution >= 4 is 42.8 Å². The molecule has 0 amide bonds. The van der Waals surface area contributed by atoms with E-state index >= 15 is 0 Å². The molecule has 178 valence electrons. The molecular formula is C25H19FN2O4S3. The number of sulfonamides is 2. The van der Waals surface area contributed by atoms with Gasteiger partial charge in [-0.2, -0.15) is 12.1 Å². The second-order valence-electron chi connectivity index (χ2n) is 7.78. The van der Waals surface area contributed by atoms with E-state index in [2.05, 4.69) is 4.99 Å². The first-order chi connectivity index (χ1) is 16.8. The second kappa shape index (κ2) is 9.03. The van der Waals surface area contributed by atoms with Crippen molar-refractivity contribution < 1.29 is 21.2 Å². The van der Waals surface area contributed by atoms with Crippen molar-refractivity contribution in [3.8, 4) is 0 Å². The first kappa shape index (κ1) is 23.4. The number of halogens is 1. The van der Waals surface area contributed by atoms with Crippen molar-refractivity contribution in [3.05, 3.63) is 113 Å². The molecular weight excluding hydrogens is 507 g/mol. The lowest BCUT2D eigenvalue weighted by Gasteiger charge is -2.24. The van der Waals surface area contributed by atoms with Gasteiger partial charge < -0.3 is 0 Å². The van der Waals surface area contributed by atoms with Crippen LogP contribution in [-0.4, -0.2) is 29.1 Å². The van der Waals surface area contributed by atoms with Gasteiger partial charge in [0.25, 0.3) is 20.0 Å².